The van der Waals surface area contributed by atoms with Crippen LogP contribution >= 0.6 is 0 Å². The lowest BCUT2D eigenvalue weighted by molar-refractivity contribution is 0.768. The standard InChI is InChI=1S/C37H30N2/c1-5-23-17-29(18-24(6-2)35(23)38)37(30-19-25(7-3)36(39)26(8-4)20-30)33-16-12-11-15-31(33)32-21-27-13-9-10-14-28(27)22-34(32)37/h5-22H,1-4,38-39H2. The number of nitrogen functional groups attached to an aromatic ring is 2. The number of anilines is 2. The van der Waals surface area contributed by atoms with Crippen LogP contribution in [0.4, 0.5) is 11.4 Å². The van der Waals surface area contributed by atoms with Crippen molar-refractivity contribution in [1.29, 1.82) is 0 Å². The molecule has 0 saturated carbocycles. The first kappa shape index (κ1) is 24.3. The van der Waals surface area contributed by atoms with Crippen molar-refractivity contribution in [3.05, 3.63) is 156 Å². The molecule has 0 atom stereocenters. The third-order valence-electron chi connectivity index (χ3n) is 8.14. The van der Waals surface area contributed by atoms with E-state index in [1.54, 1.807) is 0 Å². The zero-order chi connectivity index (χ0) is 27.3. The van der Waals surface area contributed by atoms with Crippen LogP contribution in [0.15, 0.2) is 111 Å². The first-order valence-corrected chi connectivity index (χ1v) is 13.0. The Bertz CT molecular complexity index is 1730. The predicted octanol–water partition coefficient (Wildman–Crippen LogP) is 8.94. The molecule has 4 N–H and O–H groups in total. The number of hydrogen-bond acceptors (Lipinski definition) is 2. The lowest BCUT2D eigenvalue weighted by Crippen LogP contribution is -2.29. The maximum absolute atomic E-state index is 6.54. The van der Waals surface area contributed by atoms with Gasteiger partial charge in [-0.05, 0) is 103 Å². The summed E-state index contributed by atoms with van der Waals surface area (Å²) in [5, 5.41) is 2.38. The fraction of sp³-hybridized carbons (Fsp3) is 0.0270. The summed E-state index contributed by atoms with van der Waals surface area (Å²) in [6.45, 7) is 16.3. The van der Waals surface area contributed by atoms with E-state index in [0.29, 0.717) is 11.4 Å². The van der Waals surface area contributed by atoms with Crippen LogP contribution in [0.5, 0.6) is 0 Å². The van der Waals surface area contributed by atoms with Crippen molar-refractivity contribution in [3.63, 3.8) is 0 Å². The van der Waals surface area contributed by atoms with Crippen molar-refractivity contribution in [2.75, 3.05) is 11.5 Å². The molecule has 5 aromatic rings. The molecule has 2 heteroatoms. The third-order valence-corrected chi connectivity index (χ3v) is 8.14. The SMILES string of the molecule is C=Cc1cc(C2(c3cc(C=C)c(N)c(C=C)c3)c3ccccc3-c3cc4ccccc4cc32)cc(C=C)c1N. The summed E-state index contributed by atoms with van der Waals surface area (Å²) >= 11 is 0. The van der Waals surface area contributed by atoms with Crippen LogP contribution in [-0.4, -0.2) is 0 Å². The zero-order valence-corrected chi connectivity index (χ0v) is 21.9. The molecule has 0 unspecified atom stereocenters. The molecule has 0 aliphatic heterocycles. The molecule has 0 radical (unpaired) electrons. The summed E-state index contributed by atoms with van der Waals surface area (Å²) in [7, 11) is 0. The minimum atomic E-state index is -0.664. The molecule has 0 amide bonds. The van der Waals surface area contributed by atoms with E-state index in [2.05, 4.69) is 111 Å². The summed E-state index contributed by atoms with van der Waals surface area (Å²) in [6, 6.07) is 30.5. The highest BCUT2D eigenvalue weighted by atomic mass is 14.6. The molecule has 0 fully saturated rings. The van der Waals surface area contributed by atoms with Gasteiger partial charge in [0.2, 0.25) is 0 Å². The van der Waals surface area contributed by atoms with Gasteiger partial charge in [0.25, 0.3) is 0 Å². The number of rotatable bonds is 6. The molecule has 0 spiro atoms. The van der Waals surface area contributed by atoms with Crippen molar-refractivity contribution >= 4 is 46.5 Å². The average Bonchev–Trinajstić information content (AvgIpc) is 3.26. The summed E-state index contributed by atoms with van der Waals surface area (Å²) in [6.07, 6.45) is 7.26. The van der Waals surface area contributed by atoms with Crippen molar-refractivity contribution in [2.24, 2.45) is 0 Å². The number of benzene rings is 5. The molecule has 188 valence electrons. The second-order valence-corrected chi connectivity index (χ2v) is 9.99. The van der Waals surface area contributed by atoms with Gasteiger partial charge in [-0.3, -0.25) is 0 Å². The first-order chi connectivity index (χ1) is 19.0. The fourth-order valence-corrected chi connectivity index (χ4v) is 6.26. The van der Waals surface area contributed by atoms with Crippen LogP contribution in [-0.2, 0) is 5.41 Å². The Morgan fingerprint density at radius 1 is 0.487 bits per heavy atom. The van der Waals surface area contributed by atoms with Gasteiger partial charge in [0.15, 0.2) is 0 Å². The summed E-state index contributed by atoms with van der Waals surface area (Å²) in [5.41, 5.74) is 24.2. The van der Waals surface area contributed by atoms with Crippen LogP contribution < -0.4 is 11.5 Å². The molecule has 5 aromatic carbocycles. The van der Waals surface area contributed by atoms with Gasteiger partial charge in [-0.1, -0.05) is 99.2 Å². The van der Waals surface area contributed by atoms with Gasteiger partial charge in [-0.25, -0.2) is 0 Å². The van der Waals surface area contributed by atoms with Crippen molar-refractivity contribution in [2.45, 2.75) is 5.41 Å². The fourth-order valence-electron chi connectivity index (χ4n) is 6.26. The molecule has 1 aliphatic carbocycles. The van der Waals surface area contributed by atoms with E-state index in [1.165, 1.54) is 33.0 Å². The van der Waals surface area contributed by atoms with E-state index < -0.39 is 5.41 Å². The molecular weight excluding hydrogens is 472 g/mol. The topological polar surface area (TPSA) is 52.0 Å². The van der Waals surface area contributed by atoms with Crippen LogP contribution in [0.3, 0.4) is 0 Å². The molecule has 2 nitrogen and oxygen atoms in total. The van der Waals surface area contributed by atoms with Gasteiger partial charge in [-0.2, -0.15) is 0 Å². The highest BCUT2D eigenvalue weighted by molar-refractivity contribution is 5.96. The van der Waals surface area contributed by atoms with Crippen molar-refractivity contribution in [1.82, 2.24) is 0 Å². The first-order valence-electron chi connectivity index (χ1n) is 13.0. The molecule has 1 aliphatic rings. The Hall–Kier alpha value is -5.08. The second kappa shape index (κ2) is 9.04. The van der Waals surface area contributed by atoms with E-state index in [4.69, 9.17) is 11.5 Å². The van der Waals surface area contributed by atoms with Crippen LogP contribution in [0.1, 0.15) is 44.5 Å². The predicted molar refractivity (Wildman–Crippen MR) is 170 cm³/mol. The quantitative estimate of drug-likeness (QED) is 0.223. The molecule has 0 saturated heterocycles. The second-order valence-electron chi connectivity index (χ2n) is 9.99. The van der Waals surface area contributed by atoms with Crippen molar-refractivity contribution < 1.29 is 0 Å². The molecule has 0 heterocycles. The minimum Gasteiger partial charge on any atom is -0.398 e. The van der Waals surface area contributed by atoms with E-state index in [0.717, 1.165) is 33.4 Å². The zero-order valence-electron chi connectivity index (χ0n) is 21.9. The van der Waals surface area contributed by atoms with E-state index in [9.17, 15) is 0 Å². The Kier molecular flexibility index (Phi) is 5.62. The average molecular weight is 503 g/mol. The van der Waals surface area contributed by atoms with Crippen molar-refractivity contribution in [3.8, 4) is 11.1 Å². The third kappa shape index (κ3) is 3.35. The lowest BCUT2D eigenvalue weighted by atomic mass is 9.66. The Labute approximate surface area is 229 Å². The highest BCUT2D eigenvalue weighted by Gasteiger charge is 2.47. The largest absolute Gasteiger partial charge is 0.398 e. The maximum atomic E-state index is 6.54. The molecule has 0 aromatic heterocycles. The monoisotopic (exact) mass is 502 g/mol. The number of nitrogens with two attached hydrogens (primary N) is 2. The van der Waals surface area contributed by atoms with E-state index in [1.807, 2.05) is 24.3 Å². The number of hydrogen-bond donors (Lipinski definition) is 2. The highest BCUT2D eigenvalue weighted by Crippen LogP contribution is 2.58. The molecule has 6 rings (SSSR count). The Morgan fingerprint density at radius 2 is 0.923 bits per heavy atom. The summed E-state index contributed by atoms with van der Waals surface area (Å²) in [4.78, 5) is 0. The maximum Gasteiger partial charge on any atom is 0.0714 e. The Balaban J connectivity index is 1.88. The van der Waals surface area contributed by atoms with Gasteiger partial charge in [0.1, 0.15) is 0 Å². The number of fused-ring (bicyclic) bond motifs is 4. The lowest BCUT2D eigenvalue weighted by Gasteiger charge is -2.35. The summed E-state index contributed by atoms with van der Waals surface area (Å²) in [5.74, 6) is 0. The van der Waals surface area contributed by atoms with Crippen LogP contribution in [0.25, 0.3) is 46.2 Å². The van der Waals surface area contributed by atoms with Gasteiger partial charge in [-0.15, -0.1) is 0 Å². The van der Waals surface area contributed by atoms with Gasteiger partial charge >= 0.3 is 0 Å². The normalized spacial score (nSPS) is 12.9. The molecule has 39 heavy (non-hydrogen) atoms. The minimum absolute atomic E-state index is 0.664. The van der Waals surface area contributed by atoms with Crippen LogP contribution in [0.2, 0.25) is 0 Å². The Morgan fingerprint density at radius 3 is 1.41 bits per heavy atom. The van der Waals surface area contributed by atoms with Gasteiger partial charge < -0.3 is 11.5 Å². The van der Waals surface area contributed by atoms with Gasteiger partial charge in [0, 0.05) is 11.4 Å². The van der Waals surface area contributed by atoms with Crippen LogP contribution in [0, 0.1) is 0 Å². The van der Waals surface area contributed by atoms with E-state index in [-0.39, 0.29) is 0 Å². The smallest absolute Gasteiger partial charge is 0.0714 e. The van der Waals surface area contributed by atoms with Gasteiger partial charge in [0.05, 0.1) is 5.41 Å². The molecule has 0 bridgehead atoms. The summed E-state index contributed by atoms with van der Waals surface area (Å²) < 4.78 is 0. The van der Waals surface area contributed by atoms with E-state index >= 15 is 0 Å². The molecular formula is C37H30N2.